The predicted molar refractivity (Wildman–Crippen MR) is 88.8 cm³/mol. The minimum Gasteiger partial charge on any atom is -0.393 e. The van der Waals surface area contributed by atoms with Crippen LogP contribution < -0.4 is 0 Å². The molecular formula is C20H32O3. The second-order valence-corrected chi connectivity index (χ2v) is 10.1. The van der Waals surface area contributed by atoms with Crippen molar-refractivity contribution < 1.29 is 15.0 Å². The first-order valence-corrected chi connectivity index (χ1v) is 9.55. The standard InChI is InChI=1S/C20H32O3/c1-17(2)14-6-9-19-10-13(20(23,11-19)12-21)4-5-15(19)18(14,3)8-7-16(17)22/h13-15,21,23H,4-12H2,1-3H3/t13?,14?,15?,18-,19?,20+/m1/s1. The van der Waals surface area contributed by atoms with E-state index in [9.17, 15) is 15.0 Å². The van der Waals surface area contributed by atoms with Crippen LogP contribution in [-0.2, 0) is 4.79 Å². The summed E-state index contributed by atoms with van der Waals surface area (Å²) in [5.74, 6) is 1.81. The zero-order valence-electron chi connectivity index (χ0n) is 14.9. The van der Waals surface area contributed by atoms with Crippen LogP contribution in [0.5, 0.6) is 0 Å². The van der Waals surface area contributed by atoms with Crippen LogP contribution in [0.25, 0.3) is 0 Å². The van der Waals surface area contributed by atoms with Gasteiger partial charge in [-0.3, -0.25) is 4.79 Å². The molecule has 0 aromatic heterocycles. The molecule has 3 nitrogen and oxygen atoms in total. The zero-order chi connectivity index (χ0) is 16.7. The molecule has 6 atom stereocenters. The van der Waals surface area contributed by atoms with E-state index in [1.807, 2.05) is 0 Å². The molecule has 4 saturated carbocycles. The minimum absolute atomic E-state index is 0.0870. The Morgan fingerprint density at radius 1 is 1.09 bits per heavy atom. The van der Waals surface area contributed by atoms with E-state index in [-0.39, 0.29) is 28.8 Å². The Balaban J connectivity index is 1.73. The maximum absolute atomic E-state index is 12.5. The first kappa shape index (κ1) is 16.1. The fraction of sp³-hybridized carbons (Fsp3) is 0.950. The zero-order valence-corrected chi connectivity index (χ0v) is 14.9. The first-order chi connectivity index (χ1) is 10.7. The summed E-state index contributed by atoms with van der Waals surface area (Å²) in [5, 5.41) is 20.7. The van der Waals surface area contributed by atoms with Gasteiger partial charge in [0.2, 0.25) is 0 Å². The average molecular weight is 320 g/mol. The number of aliphatic hydroxyl groups is 2. The molecule has 2 bridgehead atoms. The van der Waals surface area contributed by atoms with Crippen LogP contribution in [-0.4, -0.2) is 28.2 Å². The predicted octanol–water partition coefficient (Wildman–Crippen LogP) is 3.32. The van der Waals surface area contributed by atoms with Gasteiger partial charge in [-0.25, -0.2) is 0 Å². The fourth-order valence-corrected chi connectivity index (χ4v) is 7.83. The highest BCUT2D eigenvalue weighted by atomic mass is 16.3. The molecule has 3 heteroatoms. The summed E-state index contributed by atoms with van der Waals surface area (Å²) in [6.45, 7) is 6.68. The molecule has 0 aromatic carbocycles. The lowest BCUT2D eigenvalue weighted by atomic mass is 9.41. The van der Waals surface area contributed by atoms with Crippen LogP contribution in [0.15, 0.2) is 0 Å². The van der Waals surface area contributed by atoms with E-state index in [1.54, 1.807) is 0 Å². The van der Waals surface area contributed by atoms with Gasteiger partial charge in [0.1, 0.15) is 5.78 Å². The topological polar surface area (TPSA) is 57.5 Å². The van der Waals surface area contributed by atoms with E-state index in [0.717, 1.165) is 44.9 Å². The Hall–Kier alpha value is -0.410. The van der Waals surface area contributed by atoms with Crippen molar-refractivity contribution >= 4 is 5.78 Å². The number of ketones is 1. The number of carbonyl (C=O) groups excluding carboxylic acids is 1. The van der Waals surface area contributed by atoms with Gasteiger partial charge < -0.3 is 10.2 Å². The van der Waals surface area contributed by atoms with E-state index in [1.165, 1.54) is 6.42 Å². The molecule has 130 valence electrons. The summed E-state index contributed by atoms with van der Waals surface area (Å²) < 4.78 is 0. The molecule has 0 aliphatic heterocycles. The third-order valence-electron chi connectivity index (χ3n) is 8.89. The van der Waals surface area contributed by atoms with Gasteiger partial charge in [0.05, 0.1) is 12.2 Å². The Morgan fingerprint density at radius 3 is 2.52 bits per heavy atom. The summed E-state index contributed by atoms with van der Waals surface area (Å²) in [6.07, 6.45) is 8.07. The lowest BCUT2D eigenvalue weighted by Gasteiger charge is -2.63. The second-order valence-electron chi connectivity index (χ2n) is 10.1. The monoisotopic (exact) mass is 320 g/mol. The van der Waals surface area contributed by atoms with E-state index in [4.69, 9.17) is 0 Å². The van der Waals surface area contributed by atoms with Gasteiger partial charge in [-0.1, -0.05) is 20.8 Å². The highest BCUT2D eigenvalue weighted by Gasteiger charge is 2.67. The van der Waals surface area contributed by atoms with Gasteiger partial charge in [-0.15, -0.1) is 0 Å². The molecule has 4 unspecified atom stereocenters. The molecule has 4 aliphatic rings. The Morgan fingerprint density at radius 2 is 1.83 bits per heavy atom. The van der Waals surface area contributed by atoms with E-state index in [0.29, 0.717) is 17.6 Å². The molecule has 0 saturated heterocycles. The Labute approximate surface area is 139 Å². The lowest BCUT2D eigenvalue weighted by Crippen LogP contribution is -2.58. The van der Waals surface area contributed by atoms with Gasteiger partial charge >= 0.3 is 0 Å². The summed E-state index contributed by atoms with van der Waals surface area (Å²) in [6, 6.07) is 0. The van der Waals surface area contributed by atoms with Crippen molar-refractivity contribution in [3.8, 4) is 0 Å². The summed E-state index contributed by atoms with van der Waals surface area (Å²) in [7, 11) is 0. The van der Waals surface area contributed by atoms with Crippen molar-refractivity contribution in [3.05, 3.63) is 0 Å². The lowest BCUT2D eigenvalue weighted by molar-refractivity contribution is -0.165. The quantitative estimate of drug-likeness (QED) is 0.779. The molecule has 0 heterocycles. The molecular weight excluding hydrogens is 288 g/mol. The SMILES string of the molecule is CC1(C)C(=O)CC[C@@]2(C)C3CCC4CC3(CCC12)C[C@]4(O)CO. The van der Waals surface area contributed by atoms with Crippen LogP contribution in [0.1, 0.15) is 72.1 Å². The summed E-state index contributed by atoms with van der Waals surface area (Å²) in [4.78, 5) is 12.5. The van der Waals surface area contributed by atoms with Crippen LogP contribution in [0.2, 0.25) is 0 Å². The molecule has 0 amide bonds. The first-order valence-electron chi connectivity index (χ1n) is 9.55. The van der Waals surface area contributed by atoms with Crippen molar-refractivity contribution in [1.82, 2.24) is 0 Å². The van der Waals surface area contributed by atoms with Crippen molar-refractivity contribution in [1.29, 1.82) is 0 Å². The number of aliphatic hydroxyl groups excluding tert-OH is 1. The summed E-state index contributed by atoms with van der Waals surface area (Å²) >= 11 is 0. The maximum Gasteiger partial charge on any atom is 0.138 e. The third kappa shape index (κ3) is 1.87. The normalized spacial score (nSPS) is 54.5. The van der Waals surface area contributed by atoms with Gasteiger partial charge in [-0.05, 0) is 73.5 Å². The highest BCUT2D eigenvalue weighted by molar-refractivity contribution is 5.85. The third-order valence-corrected chi connectivity index (χ3v) is 8.89. The van der Waals surface area contributed by atoms with E-state index < -0.39 is 5.60 Å². The van der Waals surface area contributed by atoms with Gasteiger partial charge in [0.15, 0.2) is 0 Å². The summed E-state index contributed by atoms with van der Waals surface area (Å²) in [5.41, 5.74) is -0.612. The van der Waals surface area contributed by atoms with Crippen LogP contribution in [0, 0.1) is 34.0 Å². The smallest absolute Gasteiger partial charge is 0.138 e. The Kier molecular flexibility index (Phi) is 3.22. The van der Waals surface area contributed by atoms with Crippen molar-refractivity contribution in [2.75, 3.05) is 6.61 Å². The van der Waals surface area contributed by atoms with Crippen LogP contribution in [0.4, 0.5) is 0 Å². The molecule has 4 aliphatic carbocycles. The van der Waals surface area contributed by atoms with Gasteiger partial charge in [-0.2, -0.15) is 0 Å². The largest absolute Gasteiger partial charge is 0.393 e. The number of hydrogen-bond donors (Lipinski definition) is 2. The molecule has 4 fully saturated rings. The van der Waals surface area contributed by atoms with Crippen LogP contribution in [0.3, 0.4) is 0 Å². The minimum atomic E-state index is -0.849. The fourth-order valence-electron chi connectivity index (χ4n) is 7.83. The Bertz CT molecular complexity index is 541. The number of hydrogen-bond acceptors (Lipinski definition) is 3. The van der Waals surface area contributed by atoms with Crippen molar-refractivity contribution in [2.24, 2.45) is 34.0 Å². The van der Waals surface area contributed by atoms with Crippen molar-refractivity contribution in [2.45, 2.75) is 77.7 Å². The molecule has 4 rings (SSSR count). The average Bonchev–Trinajstić information content (AvgIpc) is 2.70. The maximum atomic E-state index is 12.5. The van der Waals surface area contributed by atoms with Gasteiger partial charge in [0.25, 0.3) is 0 Å². The molecule has 1 spiro atoms. The van der Waals surface area contributed by atoms with E-state index in [2.05, 4.69) is 20.8 Å². The van der Waals surface area contributed by atoms with Crippen LogP contribution >= 0.6 is 0 Å². The van der Waals surface area contributed by atoms with E-state index >= 15 is 0 Å². The number of carbonyl (C=O) groups is 1. The van der Waals surface area contributed by atoms with Crippen molar-refractivity contribution in [3.63, 3.8) is 0 Å². The highest BCUT2D eigenvalue weighted by Crippen LogP contribution is 2.72. The molecule has 0 radical (unpaired) electrons. The number of Topliss-reactive ketones (excluding diaryl/α,β-unsaturated/α-hetero) is 1. The molecule has 0 aromatic rings. The number of rotatable bonds is 1. The number of fused-ring (bicyclic) bond motifs is 3. The second kappa shape index (κ2) is 4.60. The van der Waals surface area contributed by atoms with Gasteiger partial charge in [0, 0.05) is 11.8 Å². The molecule has 2 N–H and O–H groups in total. The molecule has 23 heavy (non-hydrogen) atoms.